The molecule has 0 unspecified atom stereocenters. The lowest BCUT2D eigenvalue weighted by Crippen LogP contribution is -2.37. The molecule has 0 aliphatic rings. The molecule has 5 nitrogen and oxygen atoms in total. The van der Waals surface area contributed by atoms with Crippen LogP contribution in [0.5, 0.6) is 0 Å². The number of pyridine rings is 1. The third kappa shape index (κ3) is 3.26. The van der Waals surface area contributed by atoms with Crippen molar-refractivity contribution in [2.45, 2.75) is 26.8 Å². The number of carbonyl (C=O) groups is 1. The Morgan fingerprint density at radius 2 is 2.29 bits per heavy atom. The molecule has 0 aliphatic carbocycles. The fraction of sp³-hybridized carbons (Fsp3) is 0.333. The van der Waals surface area contributed by atoms with E-state index in [1.54, 1.807) is 17.3 Å². The van der Waals surface area contributed by atoms with Crippen LogP contribution in [0, 0.1) is 18.3 Å². The van der Waals surface area contributed by atoms with E-state index in [1.807, 2.05) is 39.0 Å². The molecule has 2 aromatic heterocycles. The molecule has 0 saturated heterocycles. The van der Waals surface area contributed by atoms with Crippen molar-refractivity contribution in [3.05, 3.63) is 35.1 Å². The quantitative estimate of drug-likeness (QED) is 0.814. The summed E-state index contributed by atoms with van der Waals surface area (Å²) in [5.41, 5.74) is 1.58. The first-order chi connectivity index (χ1) is 10.0. The summed E-state index contributed by atoms with van der Waals surface area (Å²) in [4.78, 5) is 23.2. The lowest BCUT2D eigenvalue weighted by molar-refractivity contribution is 0.0735. The number of amides is 1. The number of thiazole rings is 1. The second-order valence-corrected chi connectivity index (χ2v) is 5.86. The molecule has 21 heavy (non-hydrogen) atoms. The molecule has 0 aromatic carbocycles. The predicted octanol–water partition coefficient (Wildman–Crippen LogP) is 2.89. The summed E-state index contributed by atoms with van der Waals surface area (Å²) in [6, 6.07) is 5.76. The molecule has 1 amide bonds. The Labute approximate surface area is 127 Å². The van der Waals surface area contributed by atoms with E-state index in [0.29, 0.717) is 10.6 Å². The van der Waals surface area contributed by atoms with Crippen molar-refractivity contribution in [3.8, 4) is 16.6 Å². The Kier molecular flexibility index (Phi) is 4.66. The zero-order valence-electron chi connectivity index (χ0n) is 12.2. The standard InChI is InChI=1S/C15H16N4OS/c1-10(2)19(8-6-16)15(20)13-11(3)18-14(21-13)12-5-4-7-17-9-12/h4-5,7,9-10H,8H2,1-3H3. The molecule has 0 saturated carbocycles. The molecule has 0 N–H and O–H groups in total. The summed E-state index contributed by atoms with van der Waals surface area (Å²) >= 11 is 1.34. The molecule has 0 spiro atoms. The number of nitriles is 1. The smallest absolute Gasteiger partial charge is 0.266 e. The Morgan fingerprint density at radius 3 is 2.86 bits per heavy atom. The average molecular weight is 300 g/mol. The van der Waals surface area contributed by atoms with Crippen molar-refractivity contribution in [1.29, 1.82) is 5.26 Å². The van der Waals surface area contributed by atoms with Crippen molar-refractivity contribution in [2.75, 3.05) is 6.54 Å². The molecule has 108 valence electrons. The van der Waals surface area contributed by atoms with Gasteiger partial charge in [-0.1, -0.05) is 0 Å². The van der Waals surface area contributed by atoms with Crippen molar-refractivity contribution in [2.24, 2.45) is 0 Å². The molecule has 0 bridgehead atoms. The molecule has 0 fully saturated rings. The average Bonchev–Trinajstić information content (AvgIpc) is 2.87. The van der Waals surface area contributed by atoms with Crippen molar-refractivity contribution in [3.63, 3.8) is 0 Å². The van der Waals surface area contributed by atoms with E-state index in [2.05, 4.69) is 9.97 Å². The molecule has 2 aromatic rings. The van der Waals surface area contributed by atoms with Gasteiger partial charge < -0.3 is 4.90 Å². The number of rotatable bonds is 4. The lowest BCUT2D eigenvalue weighted by Gasteiger charge is -2.23. The minimum Gasteiger partial charge on any atom is -0.322 e. The number of aryl methyl sites for hydroxylation is 1. The maximum Gasteiger partial charge on any atom is 0.266 e. The molecule has 0 atom stereocenters. The third-order valence-corrected chi connectivity index (χ3v) is 4.22. The fourth-order valence-electron chi connectivity index (χ4n) is 1.90. The molecule has 0 aliphatic heterocycles. The Morgan fingerprint density at radius 1 is 1.52 bits per heavy atom. The van der Waals surface area contributed by atoms with Gasteiger partial charge in [0.25, 0.3) is 5.91 Å². The summed E-state index contributed by atoms with van der Waals surface area (Å²) in [6.07, 6.45) is 3.42. The highest BCUT2D eigenvalue weighted by Crippen LogP contribution is 2.28. The molecule has 6 heteroatoms. The van der Waals surface area contributed by atoms with Crippen LogP contribution in [0.2, 0.25) is 0 Å². The Bertz CT molecular complexity index is 673. The van der Waals surface area contributed by atoms with E-state index in [9.17, 15) is 4.79 Å². The van der Waals surface area contributed by atoms with E-state index in [4.69, 9.17) is 5.26 Å². The number of aromatic nitrogens is 2. The number of hydrogen-bond donors (Lipinski definition) is 0. The first kappa shape index (κ1) is 15.1. The van der Waals surface area contributed by atoms with Gasteiger partial charge in [0.15, 0.2) is 0 Å². The van der Waals surface area contributed by atoms with E-state index in [0.717, 1.165) is 10.6 Å². The third-order valence-electron chi connectivity index (χ3n) is 3.02. The summed E-state index contributed by atoms with van der Waals surface area (Å²) in [7, 11) is 0. The van der Waals surface area contributed by atoms with Crippen LogP contribution in [-0.4, -0.2) is 33.4 Å². The van der Waals surface area contributed by atoms with E-state index >= 15 is 0 Å². The monoisotopic (exact) mass is 300 g/mol. The van der Waals surface area contributed by atoms with E-state index < -0.39 is 0 Å². The van der Waals surface area contributed by atoms with Gasteiger partial charge in [0.2, 0.25) is 0 Å². The van der Waals surface area contributed by atoms with Crippen LogP contribution in [0.25, 0.3) is 10.6 Å². The summed E-state index contributed by atoms with van der Waals surface area (Å²) in [5.74, 6) is -0.142. The minimum absolute atomic E-state index is 0.0273. The minimum atomic E-state index is -0.142. The maximum absolute atomic E-state index is 12.6. The van der Waals surface area contributed by atoms with Crippen LogP contribution in [0.15, 0.2) is 24.5 Å². The van der Waals surface area contributed by atoms with E-state index in [1.165, 1.54) is 11.3 Å². The number of carbonyl (C=O) groups excluding carboxylic acids is 1. The fourth-order valence-corrected chi connectivity index (χ4v) is 2.92. The van der Waals surface area contributed by atoms with Gasteiger partial charge in [-0.3, -0.25) is 9.78 Å². The van der Waals surface area contributed by atoms with Crippen LogP contribution >= 0.6 is 11.3 Å². The van der Waals surface area contributed by atoms with Gasteiger partial charge in [0, 0.05) is 24.0 Å². The highest BCUT2D eigenvalue weighted by molar-refractivity contribution is 7.17. The van der Waals surface area contributed by atoms with Gasteiger partial charge in [-0.05, 0) is 32.9 Å². The number of nitrogens with zero attached hydrogens (tertiary/aromatic N) is 4. The van der Waals surface area contributed by atoms with Crippen LogP contribution in [0.4, 0.5) is 0 Å². The van der Waals surface area contributed by atoms with Crippen molar-refractivity contribution in [1.82, 2.24) is 14.9 Å². The first-order valence-corrected chi connectivity index (χ1v) is 7.42. The summed E-state index contributed by atoms with van der Waals surface area (Å²) in [6.45, 7) is 5.69. The van der Waals surface area contributed by atoms with E-state index in [-0.39, 0.29) is 18.5 Å². The number of hydrogen-bond acceptors (Lipinski definition) is 5. The second kappa shape index (κ2) is 6.46. The lowest BCUT2D eigenvalue weighted by atomic mass is 10.2. The predicted molar refractivity (Wildman–Crippen MR) is 81.9 cm³/mol. The summed E-state index contributed by atoms with van der Waals surface area (Å²) in [5, 5.41) is 9.64. The van der Waals surface area contributed by atoms with Crippen molar-refractivity contribution >= 4 is 17.2 Å². The van der Waals surface area contributed by atoms with Crippen LogP contribution in [-0.2, 0) is 0 Å². The zero-order chi connectivity index (χ0) is 15.4. The topological polar surface area (TPSA) is 69.9 Å². The largest absolute Gasteiger partial charge is 0.322 e. The highest BCUT2D eigenvalue weighted by atomic mass is 32.1. The molecule has 2 heterocycles. The van der Waals surface area contributed by atoms with Gasteiger partial charge in [-0.25, -0.2) is 4.98 Å². The first-order valence-electron chi connectivity index (χ1n) is 6.60. The molecular formula is C15H16N4OS. The van der Waals surface area contributed by atoms with Gasteiger partial charge in [-0.2, -0.15) is 5.26 Å². The Hall–Kier alpha value is -2.26. The van der Waals surface area contributed by atoms with Crippen LogP contribution in [0.1, 0.15) is 29.2 Å². The normalized spacial score (nSPS) is 10.4. The van der Waals surface area contributed by atoms with Gasteiger partial charge in [-0.15, -0.1) is 11.3 Å². The highest BCUT2D eigenvalue weighted by Gasteiger charge is 2.23. The molecule has 0 radical (unpaired) electrons. The van der Waals surface area contributed by atoms with Gasteiger partial charge in [0.1, 0.15) is 16.4 Å². The maximum atomic E-state index is 12.6. The molecular weight excluding hydrogens is 284 g/mol. The molecule has 2 rings (SSSR count). The van der Waals surface area contributed by atoms with Gasteiger partial charge >= 0.3 is 0 Å². The Balaban J connectivity index is 2.35. The SMILES string of the molecule is Cc1nc(-c2cccnc2)sc1C(=O)N(CC#N)C(C)C. The van der Waals surface area contributed by atoms with Crippen LogP contribution < -0.4 is 0 Å². The van der Waals surface area contributed by atoms with Gasteiger partial charge in [0.05, 0.1) is 11.8 Å². The van der Waals surface area contributed by atoms with Crippen molar-refractivity contribution < 1.29 is 4.79 Å². The second-order valence-electron chi connectivity index (χ2n) is 4.86. The zero-order valence-corrected chi connectivity index (χ0v) is 13.0. The van der Waals surface area contributed by atoms with Crippen LogP contribution in [0.3, 0.4) is 0 Å². The summed E-state index contributed by atoms with van der Waals surface area (Å²) < 4.78 is 0.